The van der Waals surface area contributed by atoms with Crippen LogP contribution in [0, 0.1) is 5.92 Å². The number of hydrogen-bond donors (Lipinski definition) is 1. The molecule has 0 unspecified atom stereocenters. The Morgan fingerprint density at radius 1 is 1.32 bits per heavy atom. The molecule has 0 saturated heterocycles. The average Bonchev–Trinajstić information content (AvgIpc) is 2.74. The molecule has 0 radical (unpaired) electrons. The second-order valence-electron chi connectivity index (χ2n) is 5.19. The molecule has 0 aliphatic heterocycles. The molecule has 104 valence electrons. The van der Waals surface area contributed by atoms with E-state index in [1.807, 2.05) is 11.7 Å². The maximum atomic E-state index is 5.64. The van der Waals surface area contributed by atoms with Crippen LogP contribution in [0.4, 0.5) is 0 Å². The van der Waals surface area contributed by atoms with Crippen LogP contribution in [-0.4, -0.2) is 30.0 Å². The lowest BCUT2D eigenvalue weighted by Gasteiger charge is -2.07. The van der Waals surface area contributed by atoms with Crippen molar-refractivity contribution < 1.29 is 4.74 Å². The molecule has 0 atom stereocenters. The first kappa shape index (κ1) is 14.0. The molecule has 0 bridgehead atoms. The highest BCUT2D eigenvalue weighted by Gasteiger charge is 2.08. The van der Waals surface area contributed by atoms with Crippen LogP contribution in [0.1, 0.15) is 19.5 Å². The van der Waals surface area contributed by atoms with Gasteiger partial charge in [0, 0.05) is 18.5 Å². The maximum absolute atomic E-state index is 5.64. The zero-order valence-corrected chi connectivity index (χ0v) is 12.0. The van der Waals surface area contributed by atoms with Crippen LogP contribution in [-0.2, 0) is 17.8 Å². The van der Waals surface area contributed by atoms with Crippen molar-refractivity contribution in [3.8, 4) is 0 Å². The van der Waals surface area contributed by atoms with Crippen LogP contribution in [0.5, 0.6) is 0 Å². The largest absolute Gasteiger partial charge is 0.379 e. The Labute approximate surface area is 114 Å². The standard InChI is InChI=1S/C15H23N3O/c1-12(2)11-19-9-8-18-15-7-5-4-6-13(15)14(17-18)10-16-3/h4-7,12,16H,8-11H2,1-3H3. The summed E-state index contributed by atoms with van der Waals surface area (Å²) in [6, 6.07) is 8.35. The number of rotatable bonds is 7. The summed E-state index contributed by atoms with van der Waals surface area (Å²) in [4.78, 5) is 0. The van der Waals surface area contributed by atoms with Gasteiger partial charge >= 0.3 is 0 Å². The van der Waals surface area contributed by atoms with E-state index in [2.05, 4.69) is 48.5 Å². The van der Waals surface area contributed by atoms with Gasteiger partial charge in [0.05, 0.1) is 24.4 Å². The first-order valence-corrected chi connectivity index (χ1v) is 6.89. The van der Waals surface area contributed by atoms with Crippen LogP contribution in [0.15, 0.2) is 24.3 Å². The minimum Gasteiger partial charge on any atom is -0.379 e. The Bertz CT molecular complexity index is 519. The van der Waals surface area contributed by atoms with Crippen molar-refractivity contribution in [2.75, 3.05) is 20.3 Å². The molecule has 1 heterocycles. The van der Waals surface area contributed by atoms with Crippen molar-refractivity contribution >= 4 is 10.9 Å². The monoisotopic (exact) mass is 261 g/mol. The fraction of sp³-hybridized carbons (Fsp3) is 0.533. The van der Waals surface area contributed by atoms with E-state index >= 15 is 0 Å². The number of nitrogens with zero attached hydrogens (tertiary/aromatic N) is 2. The van der Waals surface area contributed by atoms with Crippen molar-refractivity contribution in [1.82, 2.24) is 15.1 Å². The summed E-state index contributed by atoms with van der Waals surface area (Å²) < 4.78 is 7.68. The molecule has 0 aliphatic rings. The van der Waals surface area contributed by atoms with Crippen molar-refractivity contribution in [2.45, 2.75) is 26.9 Å². The summed E-state index contributed by atoms with van der Waals surface area (Å²) in [5.41, 5.74) is 2.28. The van der Waals surface area contributed by atoms with Gasteiger partial charge in [-0.15, -0.1) is 0 Å². The molecule has 4 heteroatoms. The van der Waals surface area contributed by atoms with Crippen LogP contribution in [0.25, 0.3) is 10.9 Å². The van der Waals surface area contributed by atoms with Gasteiger partial charge in [0.25, 0.3) is 0 Å². The lowest BCUT2D eigenvalue weighted by atomic mass is 10.2. The summed E-state index contributed by atoms with van der Waals surface area (Å²) in [5, 5.41) is 9.06. The molecule has 1 N–H and O–H groups in total. The normalized spacial score (nSPS) is 11.6. The van der Waals surface area contributed by atoms with E-state index in [1.54, 1.807) is 0 Å². The zero-order valence-electron chi connectivity index (χ0n) is 12.0. The molecular formula is C15H23N3O. The molecule has 1 aromatic carbocycles. The SMILES string of the molecule is CNCc1nn(CCOCC(C)C)c2ccccc12. The molecule has 1 aromatic heterocycles. The number of hydrogen-bond acceptors (Lipinski definition) is 3. The molecule has 0 spiro atoms. The van der Waals surface area contributed by atoms with Gasteiger partial charge in [0.1, 0.15) is 0 Å². The maximum Gasteiger partial charge on any atom is 0.0841 e. The van der Waals surface area contributed by atoms with Crippen LogP contribution < -0.4 is 5.32 Å². The van der Waals surface area contributed by atoms with Gasteiger partial charge in [0.2, 0.25) is 0 Å². The molecule has 0 amide bonds. The molecule has 0 aliphatic carbocycles. The van der Waals surface area contributed by atoms with Gasteiger partial charge in [-0.2, -0.15) is 5.10 Å². The highest BCUT2D eigenvalue weighted by Crippen LogP contribution is 2.18. The van der Waals surface area contributed by atoms with Gasteiger partial charge in [-0.05, 0) is 19.0 Å². The summed E-state index contributed by atoms with van der Waals surface area (Å²) in [6.45, 7) is 7.44. The Hall–Kier alpha value is -1.39. The quantitative estimate of drug-likeness (QED) is 0.778. The lowest BCUT2D eigenvalue weighted by molar-refractivity contribution is 0.102. The van der Waals surface area contributed by atoms with Crippen molar-refractivity contribution in [2.24, 2.45) is 5.92 Å². The smallest absolute Gasteiger partial charge is 0.0841 e. The van der Waals surface area contributed by atoms with Crippen molar-refractivity contribution in [3.63, 3.8) is 0 Å². The summed E-state index contributed by atoms with van der Waals surface area (Å²) in [5.74, 6) is 0.578. The molecule has 2 aromatic rings. The number of benzene rings is 1. The third-order valence-corrected chi connectivity index (χ3v) is 2.98. The van der Waals surface area contributed by atoms with Gasteiger partial charge in [-0.3, -0.25) is 4.68 Å². The average molecular weight is 261 g/mol. The second-order valence-corrected chi connectivity index (χ2v) is 5.19. The molecule has 0 saturated carbocycles. The number of aromatic nitrogens is 2. The number of fused-ring (bicyclic) bond motifs is 1. The number of para-hydroxylation sites is 1. The fourth-order valence-corrected chi connectivity index (χ4v) is 2.13. The third-order valence-electron chi connectivity index (χ3n) is 2.98. The highest BCUT2D eigenvalue weighted by atomic mass is 16.5. The molecule has 19 heavy (non-hydrogen) atoms. The Morgan fingerprint density at radius 2 is 2.11 bits per heavy atom. The van der Waals surface area contributed by atoms with E-state index in [1.165, 1.54) is 10.9 Å². The first-order chi connectivity index (χ1) is 9.22. The van der Waals surface area contributed by atoms with Gasteiger partial charge in [-0.25, -0.2) is 0 Å². The van der Waals surface area contributed by atoms with Crippen molar-refractivity contribution in [1.29, 1.82) is 0 Å². The Kier molecular flexibility index (Phi) is 4.93. The fourth-order valence-electron chi connectivity index (χ4n) is 2.13. The first-order valence-electron chi connectivity index (χ1n) is 6.89. The van der Waals surface area contributed by atoms with Gasteiger partial charge in [0.15, 0.2) is 0 Å². The third kappa shape index (κ3) is 3.55. The number of nitrogens with one attached hydrogen (secondary N) is 1. The predicted molar refractivity (Wildman–Crippen MR) is 78.2 cm³/mol. The molecule has 0 fully saturated rings. The van der Waals surface area contributed by atoms with E-state index in [9.17, 15) is 0 Å². The lowest BCUT2D eigenvalue weighted by Crippen LogP contribution is -2.11. The number of ether oxygens (including phenoxy) is 1. The van der Waals surface area contributed by atoms with E-state index in [0.29, 0.717) is 12.5 Å². The summed E-state index contributed by atoms with van der Waals surface area (Å²) in [6.07, 6.45) is 0. The molecule has 4 nitrogen and oxygen atoms in total. The summed E-state index contributed by atoms with van der Waals surface area (Å²) >= 11 is 0. The van der Waals surface area contributed by atoms with Crippen LogP contribution in [0.2, 0.25) is 0 Å². The molecular weight excluding hydrogens is 238 g/mol. The minimum atomic E-state index is 0.578. The minimum absolute atomic E-state index is 0.578. The topological polar surface area (TPSA) is 39.1 Å². The van der Waals surface area contributed by atoms with Crippen LogP contribution >= 0.6 is 0 Å². The van der Waals surface area contributed by atoms with E-state index < -0.39 is 0 Å². The Balaban J connectivity index is 2.09. The zero-order chi connectivity index (χ0) is 13.7. The van der Waals surface area contributed by atoms with E-state index in [0.717, 1.165) is 25.4 Å². The predicted octanol–water partition coefficient (Wildman–Crippen LogP) is 2.43. The highest BCUT2D eigenvalue weighted by molar-refractivity contribution is 5.81. The van der Waals surface area contributed by atoms with Gasteiger partial charge < -0.3 is 10.1 Å². The molecule has 2 rings (SSSR count). The van der Waals surface area contributed by atoms with Gasteiger partial charge in [-0.1, -0.05) is 32.0 Å². The van der Waals surface area contributed by atoms with E-state index in [-0.39, 0.29) is 0 Å². The second kappa shape index (κ2) is 6.68. The van der Waals surface area contributed by atoms with E-state index in [4.69, 9.17) is 4.74 Å². The van der Waals surface area contributed by atoms with Crippen molar-refractivity contribution in [3.05, 3.63) is 30.0 Å². The van der Waals surface area contributed by atoms with Crippen LogP contribution in [0.3, 0.4) is 0 Å². The summed E-state index contributed by atoms with van der Waals surface area (Å²) in [7, 11) is 1.94. The Morgan fingerprint density at radius 3 is 2.84 bits per heavy atom.